The lowest BCUT2D eigenvalue weighted by molar-refractivity contribution is -0.122. The van der Waals surface area contributed by atoms with Gasteiger partial charge in [0.25, 0.3) is 0 Å². The van der Waals surface area contributed by atoms with Gasteiger partial charge in [0, 0.05) is 19.5 Å². The third-order valence-electron chi connectivity index (χ3n) is 3.85. The van der Waals surface area contributed by atoms with Crippen LogP contribution < -0.4 is 15.8 Å². The van der Waals surface area contributed by atoms with Crippen molar-refractivity contribution < 1.29 is 13.2 Å². The molecular weight excluding hydrogens is 338 g/mol. The van der Waals surface area contributed by atoms with Crippen LogP contribution in [-0.4, -0.2) is 33.0 Å². The topological polar surface area (TPSA) is 101 Å². The summed E-state index contributed by atoms with van der Waals surface area (Å²) in [6.45, 7) is 4.35. The monoisotopic (exact) mass is 363 g/mol. The molecular formula is C15H26ClN3O3S. The predicted octanol–water partition coefficient (Wildman–Crippen LogP) is 1.41. The van der Waals surface area contributed by atoms with E-state index in [1.54, 1.807) is 18.2 Å². The molecule has 0 aliphatic heterocycles. The molecule has 0 saturated heterocycles. The van der Waals surface area contributed by atoms with E-state index in [4.69, 9.17) is 5.73 Å². The molecule has 0 aliphatic rings. The molecule has 6 nitrogen and oxygen atoms in total. The van der Waals surface area contributed by atoms with Gasteiger partial charge in [-0.05, 0) is 25.0 Å². The number of amides is 1. The number of hydrogen-bond acceptors (Lipinski definition) is 4. The minimum atomic E-state index is -3.57. The summed E-state index contributed by atoms with van der Waals surface area (Å²) in [7, 11) is -3.57. The largest absolute Gasteiger partial charge is 0.349 e. The van der Waals surface area contributed by atoms with Crippen LogP contribution in [0.5, 0.6) is 0 Å². The summed E-state index contributed by atoms with van der Waals surface area (Å²) < 4.78 is 26.4. The number of sulfonamides is 1. The Morgan fingerprint density at radius 2 is 1.74 bits per heavy atom. The molecule has 8 heteroatoms. The number of nitrogens with two attached hydrogens (primary N) is 1. The first-order valence-electron chi connectivity index (χ1n) is 7.45. The van der Waals surface area contributed by atoms with Crippen molar-refractivity contribution in [2.45, 2.75) is 43.5 Å². The zero-order valence-electron chi connectivity index (χ0n) is 13.5. The van der Waals surface area contributed by atoms with E-state index in [0.29, 0.717) is 6.54 Å². The predicted molar refractivity (Wildman–Crippen MR) is 94.0 cm³/mol. The van der Waals surface area contributed by atoms with Crippen LogP contribution in [0.15, 0.2) is 35.2 Å². The van der Waals surface area contributed by atoms with E-state index >= 15 is 0 Å². The Labute approximate surface area is 144 Å². The molecule has 0 heterocycles. The van der Waals surface area contributed by atoms with E-state index < -0.39 is 15.6 Å². The maximum absolute atomic E-state index is 12.0. The number of halogens is 1. The van der Waals surface area contributed by atoms with Crippen molar-refractivity contribution in [1.82, 2.24) is 10.0 Å². The number of carbonyl (C=O) groups is 1. The third kappa shape index (κ3) is 6.47. The highest BCUT2D eigenvalue weighted by Crippen LogP contribution is 2.13. The first kappa shape index (κ1) is 21.9. The summed E-state index contributed by atoms with van der Waals surface area (Å²) in [5, 5.41) is 2.91. The van der Waals surface area contributed by atoms with E-state index in [9.17, 15) is 13.2 Å². The van der Waals surface area contributed by atoms with E-state index in [1.807, 2.05) is 13.8 Å². The zero-order chi connectivity index (χ0) is 16.6. The molecule has 1 amide bonds. The second-order valence-corrected chi connectivity index (χ2v) is 6.97. The molecule has 0 aliphatic carbocycles. The fraction of sp³-hybridized carbons (Fsp3) is 0.533. The molecule has 1 aromatic rings. The molecule has 0 saturated carbocycles. The van der Waals surface area contributed by atoms with Crippen LogP contribution in [0.1, 0.15) is 33.1 Å². The number of rotatable bonds is 9. The Hall–Kier alpha value is -1.15. The molecule has 23 heavy (non-hydrogen) atoms. The normalized spacial score (nSPS) is 11.6. The summed E-state index contributed by atoms with van der Waals surface area (Å²) >= 11 is 0. The summed E-state index contributed by atoms with van der Waals surface area (Å²) in [5.41, 5.74) is 5.32. The highest BCUT2D eigenvalue weighted by molar-refractivity contribution is 7.89. The second-order valence-electron chi connectivity index (χ2n) is 5.20. The van der Waals surface area contributed by atoms with E-state index in [0.717, 1.165) is 12.8 Å². The van der Waals surface area contributed by atoms with Crippen LogP contribution in [-0.2, 0) is 14.8 Å². The minimum Gasteiger partial charge on any atom is -0.349 e. The molecule has 1 aromatic carbocycles. The van der Waals surface area contributed by atoms with E-state index in [2.05, 4.69) is 10.0 Å². The standard InChI is InChI=1S/C15H25N3O3S.ClH/c1-3-15(4-2,12-16)18-14(19)10-11-17-22(20,21)13-8-6-5-7-9-13;/h5-9,17H,3-4,10-12,16H2,1-2H3,(H,18,19);1H. The van der Waals surface area contributed by atoms with Gasteiger partial charge >= 0.3 is 0 Å². The molecule has 0 atom stereocenters. The Balaban J connectivity index is 0.00000484. The lowest BCUT2D eigenvalue weighted by atomic mass is 9.93. The Morgan fingerprint density at radius 1 is 1.17 bits per heavy atom. The van der Waals surface area contributed by atoms with Crippen molar-refractivity contribution in [1.29, 1.82) is 0 Å². The van der Waals surface area contributed by atoms with Gasteiger partial charge in [0.2, 0.25) is 15.9 Å². The fourth-order valence-corrected chi connectivity index (χ4v) is 3.16. The van der Waals surface area contributed by atoms with Crippen molar-refractivity contribution in [2.75, 3.05) is 13.1 Å². The maximum atomic E-state index is 12.0. The van der Waals surface area contributed by atoms with Gasteiger partial charge in [0.05, 0.1) is 10.4 Å². The number of hydrogen-bond donors (Lipinski definition) is 3. The van der Waals surface area contributed by atoms with Crippen molar-refractivity contribution >= 4 is 28.3 Å². The van der Waals surface area contributed by atoms with Crippen molar-refractivity contribution in [3.05, 3.63) is 30.3 Å². The number of carbonyl (C=O) groups excluding carboxylic acids is 1. The number of nitrogens with one attached hydrogen (secondary N) is 2. The molecule has 1 rings (SSSR count). The van der Waals surface area contributed by atoms with Crippen molar-refractivity contribution in [3.63, 3.8) is 0 Å². The molecule has 0 aromatic heterocycles. The average Bonchev–Trinajstić information content (AvgIpc) is 2.53. The van der Waals surface area contributed by atoms with Gasteiger partial charge in [-0.15, -0.1) is 12.4 Å². The third-order valence-corrected chi connectivity index (χ3v) is 5.32. The Kier molecular flexibility index (Phi) is 9.38. The highest BCUT2D eigenvalue weighted by atomic mass is 35.5. The molecule has 4 N–H and O–H groups in total. The van der Waals surface area contributed by atoms with Gasteiger partial charge < -0.3 is 11.1 Å². The van der Waals surface area contributed by atoms with Gasteiger partial charge in [0.1, 0.15) is 0 Å². The average molecular weight is 364 g/mol. The highest BCUT2D eigenvalue weighted by Gasteiger charge is 2.26. The summed E-state index contributed by atoms with van der Waals surface area (Å²) in [5.74, 6) is -0.204. The molecule has 0 radical (unpaired) electrons. The Bertz CT molecular complexity index is 567. The van der Waals surface area contributed by atoms with Gasteiger partial charge in [-0.1, -0.05) is 32.0 Å². The fourth-order valence-electron chi connectivity index (χ4n) is 2.11. The summed E-state index contributed by atoms with van der Waals surface area (Å²) in [6, 6.07) is 8.07. The van der Waals surface area contributed by atoms with Crippen LogP contribution in [0.4, 0.5) is 0 Å². The van der Waals surface area contributed by atoms with Gasteiger partial charge in [-0.3, -0.25) is 4.79 Å². The lowest BCUT2D eigenvalue weighted by Crippen LogP contribution is -2.53. The van der Waals surface area contributed by atoms with Crippen molar-refractivity contribution in [2.24, 2.45) is 5.73 Å². The smallest absolute Gasteiger partial charge is 0.240 e. The van der Waals surface area contributed by atoms with Crippen LogP contribution >= 0.6 is 12.4 Å². The quantitative estimate of drug-likeness (QED) is 0.617. The van der Waals surface area contributed by atoms with E-state index in [-0.39, 0.29) is 36.2 Å². The van der Waals surface area contributed by atoms with Crippen molar-refractivity contribution in [3.8, 4) is 0 Å². The minimum absolute atomic E-state index is 0. The first-order chi connectivity index (χ1) is 10.4. The second kappa shape index (κ2) is 9.87. The van der Waals surface area contributed by atoms with Crippen LogP contribution in [0.2, 0.25) is 0 Å². The number of benzene rings is 1. The SMILES string of the molecule is CCC(CC)(CN)NC(=O)CCNS(=O)(=O)c1ccccc1.Cl. The molecule has 0 spiro atoms. The van der Waals surface area contributed by atoms with Gasteiger partial charge in [-0.25, -0.2) is 13.1 Å². The lowest BCUT2D eigenvalue weighted by Gasteiger charge is -2.31. The van der Waals surface area contributed by atoms with Crippen LogP contribution in [0.25, 0.3) is 0 Å². The van der Waals surface area contributed by atoms with E-state index in [1.165, 1.54) is 12.1 Å². The summed E-state index contributed by atoms with van der Waals surface area (Å²) in [4.78, 5) is 12.1. The van der Waals surface area contributed by atoms with Crippen LogP contribution in [0, 0.1) is 0 Å². The molecule has 0 bridgehead atoms. The maximum Gasteiger partial charge on any atom is 0.240 e. The molecule has 0 fully saturated rings. The summed E-state index contributed by atoms with van der Waals surface area (Å²) in [6.07, 6.45) is 1.55. The van der Waals surface area contributed by atoms with Crippen LogP contribution in [0.3, 0.4) is 0 Å². The van der Waals surface area contributed by atoms with Gasteiger partial charge in [-0.2, -0.15) is 0 Å². The Morgan fingerprint density at radius 3 is 2.22 bits per heavy atom. The zero-order valence-corrected chi connectivity index (χ0v) is 15.2. The molecule has 0 unspecified atom stereocenters. The first-order valence-corrected chi connectivity index (χ1v) is 8.93. The molecule has 132 valence electrons. The van der Waals surface area contributed by atoms with Gasteiger partial charge in [0.15, 0.2) is 0 Å².